The molecule has 0 bridgehead atoms. The normalized spacial score (nSPS) is 11.4. The van der Waals surface area contributed by atoms with Gasteiger partial charge in [-0.2, -0.15) is 0 Å². The minimum Gasteiger partial charge on any atom is -0.469 e. The zero-order valence-electron chi connectivity index (χ0n) is 12.1. The largest absolute Gasteiger partial charge is 0.469 e. The van der Waals surface area contributed by atoms with Crippen molar-refractivity contribution in [1.82, 2.24) is 0 Å². The summed E-state index contributed by atoms with van der Waals surface area (Å²) < 4.78 is 4.61. The second-order valence-electron chi connectivity index (χ2n) is 3.69. The molecule has 0 aliphatic heterocycles. The van der Waals surface area contributed by atoms with Gasteiger partial charge in [0.25, 0.3) is 0 Å². The van der Waals surface area contributed by atoms with Crippen LogP contribution >= 0.6 is 0 Å². The molecule has 0 aromatic heterocycles. The third-order valence-electron chi connectivity index (χ3n) is 2.42. The van der Waals surface area contributed by atoms with Gasteiger partial charge >= 0.3 is 5.97 Å². The molecule has 0 spiro atoms. The summed E-state index contributed by atoms with van der Waals surface area (Å²) in [5, 5.41) is 0. The fraction of sp³-hybridized carbons (Fsp3) is 0.312. The SMILES string of the molecule is CC.COC(=O)CC(=C/N)/C=C(\C)c1ccccc1. The second-order valence-corrected chi connectivity index (χ2v) is 3.69. The molecule has 19 heavy (non-hydrogen) atoms. The van der Waals surface area contributed by atoms with Crippen molar-refractivity contribution >= 4 is 11.5 Å². The number of esters is 1. The van der Waals surface area contributed by atoms with E-state index in [0.29, 0.717) is 0 Å². The predicted molar refractivity (Wildman–Crippen MR) is 80.3 cm³/mol. The quantitative estimate of drug-likeness (QED) is 0.666. The molecular formula is C16H23NO2. The maximum Gasteiger partial charge on any atom is 0.310 e. The number of methoxy groups -OCH3 is 1. The topological polar surface area (TPSA) is 52.3 Å². The van der Waals surface area contributed by atoms with Crippen LogP contribution in [0.1, 0.15) is 32.8 Å². The van der Waals surface area contributed by atoms with Crippen LogP contribution in [0.5, 0.6) is 0 Å². The van der Waals surface area contributed by atoms with Gasteiger partial charge in [-0.05, 0) is 29.8 Å². The molecule has 0 heterocycles. The molecule has 0 amide bonds. The summed E-state index contributed by atoms with van der Waals surface area (Å²) in [6.07, 6.45) is 3.52. The molecule has 3 heteroatoms. The highest BCUT2D eigenvalue weighted by molar-refractivity contribution is 5.75. The molecule has 0 saturated carbocycles. The summed E-state index contributed by atoms with van der Waals surface area (Å²) in [6, 6.07) is 9.93. The van der Waals surface area contributed by atoms with Gasteiger partial charge in [-0.1, -0.05) is 50.3 Å². The Balaban J connectivity index is 0.00000154. The minimum atomic E-state index is -0.293. The lowest BCUT2D eigenvalue weighted by Crippen LogP contribution is -2.02. The molecule has 0 fully saturated rings. The summed E-state index contributed by atoms with van der Waals surface area (Å²) in [7, 11) is 1.37. The van der Waals surface area contributed by atoms with Crippen molar-refractivity contribution in [2.75, 3.05) is 7.11 Å². The number of nitrogens with two attached hydrogens (primary N) is 1. The van der Waals surface area contributed by atoms with Crippen LogP contribution in [0.4, 0.5) is 0 Å². The summed E-state index contributed by atoms with van der Waals surface area (Å²) in [4.78, 5) is 11.2. The van der Waals surface area contributed by atoms with Gasteiger partial charge in [-0.25, -0.2) is 0 Å². The summed E-state index contributed by atoms with van der Waals surface area (Å²) in [6.45, 7) is 5.98. The molecular weight excluding hydrogens is 238 g/mol. The Morgan fingerprint density at radius 1 is 1.26 bits per heavy atom. The van der Waals surface area contributed by atoms with Gasteiger partial charge in [-0.3, -0.25) is 4.79 Å². The Morgan fingerprint density at radius 3 is 2.32 bits per heavy atom. The number of hydrogen-bond donors (Lipinski definition) is 1. The van der Waals surface area contributed by atoms with E-state index < -0.39 is 0 Å². The highest BCUT2D eigenvalue weighted by atomic mass is 16.5. The number of benzene rings is 1. The molecule has 1 aromatic rings. The van der Waals surface area contributed by atoms with Crippen molar-refractivity contribution in [3.05, 3.63) is 53.7 Å². The monoisotopic (exact) mass is 261 g/mol. The van der Waals surface area contributed by atoms with Crippen molar-refractivity contribution in [1.29, 1.82) is 0 Å². The van der Waals surface area contributed by atoms with E-state index in [-0.39, 0.29) is 12.4 Å². The van der Waals surface area contributed by atoms with E-state index in [4.69, 9.17) is 5.73 Å². The van der Waals surface area contributed by atoms with Gasteiger partial charge < -0.3 is 10.5 Å². The van der Waals surface area contributed by atoms with Crippen LogP contribution in [0.15, 0.2) is 48.2 Å². The Labute approximate surface area is 115 Å². The van der Waals surface area contributed by atoms with Gasteiger partial charge in [0.2, 0.25) is 0 Å². The molecule has 0 atom stereocenters. The van der Waals surface area contributed by atoms with Crippen LogP contribution in [-0.4, -0.2) is 13.1 Å². The molecule has 2 N–H and O–H groups in total. The van der Waals surface area contributed by atoms with E-state index in [2.05, 4.69) is 4.74 Å². The third-order valence-corrected chi connectivity index (χ3v) is 2.42. The molecule has 0 aliphatic carbocycles. The second kappa shape index (κ2) is 9.95. The molecule has 104 valence electrons. The first-order valence-electron chi connectivity index (χ1n) is 6.38. The summed E-state index contributed by atoms with van der Waals surface area (Å²) in [5.41, 5.74) is 8.41. The lowest BCUT2D eigenvalue weighted by atomic mass is 10.0. The average Bonchev–Trinajstić information content (AvgIpc) is 2.49. The lowest BCUT2D eigenvalue weighted by Gasteiger charge is -2.04. The number of ether oxygens (including phenoxy) is 1. The maximum absolute atomic E-state index is 11.2. The zero-order chi connectivity index (χ0) is 14.7. The van der Waals surface area contributed by atoms with E-state index >= 15 is 0 Å². The summed E-state index contributed by atoms with van der Waals surface area (Å²) in [5.74, 6) is -0.293. The van der Waals surface area contributed by atoms with Gasteiger partial charge in [0.15, 0.2) is 0 Å². The number of allylic oxidation sites excluding steroid dienone is 2. The smallest absolute Gasteiger partial charge is 0.310 e. The molecule has 0 aliphatic rings. The zero-order valence-corrected chi connectivity index (χ0v) is 12.1. The van der Waals surface area contributed by atoms with Gasteiger partial charge in [0.1, 0.15) is 0 Å². The standard InChI is InChI=1S/C14H17NO2.C2H6/c1-11(13-6-4-3-5-7-13)8-12(10-15)9-14(16)17-2;1-2/h3-8,10H,9,15H2,1-2H3;1-2H3/b11-8+,12-10+;. The Hall–Kier alpha value is -2.03. The van der Waals surface area contributed by atoms with Crippen molar-refractivity contribution in [3.8, 4) is 0 Å². The molecule has 0 saturated heterocycles. The van der Waals surface area contributed by atoms with Crippen LogP contribution in [0.3, 0.4) is 0 Å². The van der Waals surface area contributed by atoms with E-state index in [9.17, 15) is 4.79 Å². The number of carbonyl (C=O) groups is 1. The Morgan fingerprint density at radius 2 is 1.84 bits per heavy atom. The van der Waals surface area contributed by atoms with Crippen LogP contribution < -0.4 is 5.73 Å². The van der Waals surface area contributed by atoms with Crippen LogP contribution in [0.2, 0.25) is 0 Å². The van der Waals surface area contributed by atoms with Crippen molar-refractivity contribution in [3.63, 3.8) is 0 Å². The molecule has 1 rings (SSSR count). The first kappa shape index (κ1) is 17.0. The predicted octanol–water partition coefficient (Wildman–Crippen LogP) is 3.52. The summed E-state index contributed by atoms with van der Waals surface area (Å²) >= 11 is 0. The molecule has 1 aromatic carbocycles. The Kier molecular flexibility index (Phi) is 8.88. The van der Waals surface area contributed by atoms with Crippen molar-refractivity contribution < 1.29 is 9.53 Å². The fourth-order valence-electron chi connectivity index (χ4n) is 1.46. The molecule has 0 radical (unpaired) electrons. The van der Waals surface area contributed by atoms with E-state index in [1.54, 1.807) is 0 Å². The third kappa shape index (κ3) is 6.46. The van der Waals surface area contributed by atoms with Crippen LogP contribution in [-0.2, 0) is 9.53 Å². The minimum absolute atomic E-state index is 0.192. The molecule has 3 nitrogen and oxygen atoms in total. The van der Waals surface area contributed by atoms with E-state index in [1.165, 1.54) is 13.3 Å². The number of rotatable bonds is 4. The van der Waals surface area contributed by atoms with Crippen molar-refractivity contribution in [2.45, 2.75) is 27.2 Å². The highest BCUT2D eigenvalue weighted by Crippen LogP contribution is 2.16. The first-order chi connectivity index (χ1) is 9.17. The van der Waals surface area contributed by atoms with E-state index in [0.717, 1.165) is 16.7 Å². The number of hydrogen-bond acceptors (Lipinski definition) is 3. The van der Waals surface area contributed by atoms with Gasteiger partial charge in [0, 0.05) is 0 Å². The van der Waals surface area contributed by atoms with Gasteiger partial charge in [-0.15, -0.1) is 0 Å². The van der Waals surface area contributed by atoms with Crippen LogP contribution in [0, 0.1) is 0 Å². The van der Waals surface area contributed by atoms with Gasteiger partial charge in [0.05, 0.1) is 13.5 Å². The first-order valence-corrected chi connectivity index (χ1v) is 6.38. The van der Waals surface area contributed by atoms with Crippen molar-refractivity contribution in [2.24, 2.45) is 5.73 Å². The maximum atomic E-state index is 11.2. The lowest BCUT2D eigenvalue weighted by molar-refractivity contribution is -0.139. The number of carbonyl (C=O) groups excluding carboxylic acids is 1. The average molecular weight is 261 g/mol. The van der Waals surface area contributed by atoms with Crippen LogP contribution in [0.25, 0.3) is 5.57 Å². The highest BCUT2D eigenvalue weighted by Gasteiger charge is 2.04. The Bertz CT molecular complexity index is 433. The fourth-order valence-corrected chi connectivity index (χ4v) is 1.46. The molecule has 0 unspecified atom stereocenters. The van der Waals surface area contributed by atoms with E-state index in [1.807, 2.05) is 57.2 Å².